The maximum atomic E-state index is 13.2. The number of aromatic nitrogens is 4. The van der Waals surface area contributed by atoms with Crippen LogP contribution in [0.1, 0.15) is 56.3 Å². The molecule has 4 rings (SSSR count). The highest BCUT2D eigenvalue weighted by atomic mass is 16.2. The van der Waals surface area contributed by atoms with E-state index >= 15 is 0 Å². The van der Waals surface area contributed by atoms with Gasteiger partial charge in [-0.3, -0.25) is 19.0 Å². The van der Waals surface area contributed by atoms with E-state index in [1.54, 1.807) is 12.1 Å². The van der Waals surface area contributed by atoms with Gasteiger partial charge < -0.3 is 10.6 Å². The number of carbonyl (C=O) groups is 2. The van der Waals surface area contributed by atoms with Gasteiger partial charge in [-0.05, 0) is 44.4 Å². The summed E-state index contributed by atoms with van der Waals surface area (Å²) in [4.78, 5) is 51.0. The fraction of sp³-hybridized carbons (Fsp3) is 0.500. The lowest BCUT2D eigenvalue weighted by Crippen LogP contribution is -2.37. The van der Waals surface area contributed by atoms with Gasteiger partial charge in [0.2, 0.25) is 11.7 Å². The predicted molar refractivity (Wildman–Crippen MR) is 120 cm³/mol. The van der Waals surface area contributed by atoms with E-state index in [-0.39, 0.29) is 52.7 Å². The molecule has 1 unspecified atom stereocenters. The van der Waals surface area contributed by atoms with E-state index in [0.717, 1.165) is 36.8 Å². The Morgan fingerprint density at radius 2 is 1.94 bits per heavy atom. The molecule has 0 radical (unpaired) electrons. The number of nitrogens with zero attached hydrogens (tertiary/aromatic N) is 4. The highest BCUT2D eigenvalue weighted by Gasteiger charge is 2.21. The second-order valence-electron chi connectivity index (χ2n) is 8.50. The summed E-state index contributed by atoms with van der Waals surface area (Å²) in [6.45, 7) is 3.63. The summed E-state index contributed by atoms with van der Waals surface area (Å²) in [5.41, 5.74) is -0.256. The Bertz CT molecular complexity index is 1310. The number of benzene rings is 1. The minimum Gasteiger partial charge on any atom is -0.352 e. The Kier molecular flexibility index (Phi) is 5.86. The zero-order chi connectivity index (χ0) is 23.0. The van der Waals surface area contributed by atoms with E-state index in [0.29, 0.717) is 5.56 Å². The van der Waals surface area contributed by atoms with Crippen LogP contribution in [0.3, 0.4) is 0 Å². The van der Waals surface area contributed by atoms with Crippen LogP contribution in [0, 0.1) is 0 Å². The van der Waals surface area contributed by atoms with Crippen LogP contribution in [0.5, 0.6) is 0 Å². The molecule has 3 aromatic rings. The third-order valence-corrected chi connectivity index (χ3v) is 6.16. The molecule has 0 bridgehead atoms. The van der Waals surface area contributed by atoms with Gasteiger partial charge in [0, 0.05) is 24.7 Å². The first-order valence-electron chi connectivity index (χ1n) is 11.0. The van der Waals surface area contributed by atoms with E-state index in [2.05, 4.69) is 15.7 Å². The first-order valence-corrected chi connectivity index (χ1v) is 11.0. The third-order valence-electron chi connectivity index (χ3n) is 6.16. The van der Waals surface area contributed by atoms with Crippen molar-refractivity contribution in [1.29, 1.82) is 0 Å². The monoisotopic (exact) mass is 440 g/mol. The van der Waals surface area contributed by atoms with Crippen LogP contribution in [0.15, 0.2) is 27.8 Å². The highest BCUT2D eigenvalue weighted by Crippen LogP contribution is 2.17. The van der Waals surface area contributed by atoms with Crippen LogP contribution in [0.4, 0.5) is 0 Å². The van der Waals surface area contributed by atoms with Crippen LogP contribution in [0.25, 0.3) is 16.7 Å². The first kappa shape index (κ1) is 21.8. The summed E-state index contributed by atoms with van der Waals surface area (Å²) >= 11 is 0. The molecule has 2 heterocycles. The summed E-state index contributed by atoms with van der Waals surface area (Å²) in [6, 6.07) is 4.75. The van der Waals surface area contributed by atoms with E-state index in [1.165, 1.54) is 22.1 Å². The molecular weight excluding hydrogens is 412 g/mol. The van der Waals surface area contributed by atoms with Crippen molar-refractivity contribution in [2.24, 2.45) is 7.05 Å². The van der Waals surface area contributed by atoms with Crippen LogP contribution in [0.2, 0.25) is 0 Å². The Balaban J connectivity index is 1.77. The lowest BCUT2D eigenvalue weighted by atomic mass is 10.1. The molecule has 10 nitrogen and oxygen atoms in total. The third kappa shape index (κ3) is 3.92. The summed E-state index contributed by atoms with van der Waals surface area (Å²) < 4.78 is 3.61. The maximum absolute atomic E-state index is 13.2. The van der Waals surface area contributed by atoms with Crippen molar-refractivity contribution in [2.45, 2.75) is 64.6 Å². The fourth-order valence-corrected chi connectivity index (χ4v) is 4.13. The van der Waals surface area contributed by atoms with Crippen molar-refractivity contribution >= 4 is 28.5 Å². The van der Waals surface area contributed by atoms with E-state index in [4.69, 9.17) is 0 Å². The van der Waals surface area contributed by atoms with Crippen LogP contribution < -0.4 is 21.9 Å². The summed E-state index contributed by atoms with van der Waals surface area (Å²) in [5, 5.41) is 10.4. The first-order chi connectivity index (χ1) is 15.3. The Morgan fingerprint density at radius 1 is 1.22 bits per heavy atom. The molecule has 10 heteroatoms. The molecule has 0 spiro atoms. The summed E-state index contributed by atoms with van der Waals surface area (Å²) in [7, 11) is 1.52. The number of hydrogen-bond donors (Lipinski definition) is 2. The molecule has 1 atom stereocenters. The van der Waals surface area contributed by atoms with Gasteiger partial charge >= 0.3 is 5.69 Å². The van der Waals surface area contributed by atoms with Gasteiger partial charge in [0.25, 0.3) is 11.5 Å². The average molecular weight is 441 g/mol. The zero-order valence-corrected chi connectivity index (χ0v) is 18.6. The van der Waals surface area contributed by atoms with Gasteiger partial charge in [0.05, 0.1) is 10.9 Å². The molecule has 1 aromatic carbocycles. The Hall–Kier alpha value is -3.43. The van der Waals surface area contributed by atoms with Crippen molar-refractivity contribution in [3.63, 3.8) is 0 Å². The van der Waals surface area contributed by atoms with E-state index in [9.17, 15) is 19.2 Å². The van der Waals surface area contributed by atoms with Crippen molar-refractivity contribution in [1.82, 2.24) is 29.4 Å². The van der Waals surface area contributed by atoms with Gasteiger partial charge in [-0.2, -0.15) is 0 Å². The SMILES string of the molecule is CCC(C)NC(=O)c1ccc2c(=O)n(C)c3nn(CC(=O)NC4CCCC4)c(=O)n3c2c1. The number of carbonyl (C=O) groups excluding carboxylic acids is 2. The molecule has 2 aromatic heterocycles. The smallest absolute Gasteiger partial charge is 0.352 e. The molecule has 1 aliphatic rings. The molecular formula is C22H28N6O4. The van der Waals surface area contributed by atoms with Crippen LogP contribution >= 0.6 is 0 Å². The van der Waals surface area contributed by atoms with Gasteiger partial charge in [-0.1, -0.05) is 19.8 Å². The number of rotatable bonds is 6. The molecule has 32 heavy (non-hydrogen) atoms. The highest BCUT2D eigenvalue weighted by molar-refractivity contribution is 5.98. The molecule has 1 fully saturated rings. The summed E-state index contributed by atoms with van der Waals surface area (Å²) in [5.74, 6) is -0.461. The van der Waals surface area contributed by atoms with Crippen molar-refractivity contribution in [3.05, 3.63) is 44.6 Å². The topological polar surface area (TPSA) is 120 Å². The minimum atomic E-state index is -0.540. The summed E-state index contributed by atoms with van der Waals surface area (Å²) in [6.07, 6.45) is 4.82. The standard InChI is InChI=1S/C22H28N6O4/c1-4-13(2)23-19(30)14-9-10-16-17(11-14)28-21(26(3)20(16)31)25-27(22(28)32)12-18(29)24-15-7-5-6-8-15/h9-11,13,15H,4-8,12H2,1-3H3,(H,23,30)(H,24,29). The Morgan fingerprint density at radius 3 is 2.62 bits per heavy atom. The quantitative estimate of drug-likeness (QED) is 0.591. The number of nitrogens with one attached hydrogen (secondary N) is 2. The molecule has 2 amide bonds. The molecule has 1 saturated carbocycles. The average Bonchev–Trinajstić information content (AvgIpc) is 3.39. The lowest BCUT2D eigenvalue weighted by molar-refractivity contribution is -0.122. The predicted octanol–water partition coefficient (Wildman–Crippen LogP) is 0.935. The molecule has 1 aliphatic carbocycles. The van der Waals surface area contributed by atoms with E-state index < -0.39 is 5.69 Å². The number of hydrogen-bond acceptors (Lipinski definition) is 5. The van der Waals surface area contributed by atoms with Crippen molar-refractivity contribution < 1.29 is 9.59 Å². The number of aryl methyl sites for hydroxylation is 1. The van der Waals surface area contributed by atoms with Crippen molar-refractivity contribution in [3.8, 4) is 0 Å². The van der Waals surface area contributed by atoms with Gasteiger partial charge in [0.15, 0.2) is 0 Å². The maximum Gasteiger partial charge on any atom is 0.352 e. The second kappa shape index (κ2) is 8.60. The fourth-order valence-electron chi connectivity index (χ4n) is 4.13. The lowest BCUT2D eigenvalue weighted by Gasteiger charge is -2.12. The van der Waals surface area contributed by atoms with Gasteiger partial charge in [-0.15, -0.1) is 5.10 Å². The van der Waals surface area contributed by atoms with Crippen LogP contribution in [-0.2, 0) is 18.4 Å². The van der Waals surface area contributed by atoms with Crippen LogP contribution in [-0.4, -0.2) is 42.6 Å². The van der Waals surface area contributed by atoms with Gasteiger partial charge in [0.1, 0.15) is 6.54 Å². The largest absolute Gasteiger partial charge is 0.352 e. The number of fused-ring (bicyclic) bond motifs is 3. The molecule has 0 saturated heterocycles. The normalized spacial score (nSPS) is 15.3. The number of amides is 2. The minimum absolute atomic E-state index is 0.00860. The Labute approximate surface area is 184 Å². The zero-order valence-electron chi connectivity index (χ0n) is 18.6. The molecule has 170 valence electrons. The molecule has 2 N–H and O–H groups in total. The molecule has 0 aliphatic heterocycles. The van der Waals surface area contributed by atoms with E-state index in [1.807, 2.05) is 13.8 Å². The van der Waals surface area contributed by atoms with Crippen molar-refractivity contribution in [2.75, 3.05) is 0 Å². The van der Waals surface area contributed by atoms with Gasteiger partial charge in [-0.25, -0.2) is 13.9 Å². The second-order valence-corrected chi connectivity index (χ2v) is 8.50.